The molecule has 0 spiro atoms. The van der Waals surface area contributed by atoms with E-state index in [0.717, 1.165) is 12.8 Å². The lowest BCUT2D eigenvalue weighted by Gasteiger charge is -2.40. The molecule has 0 aromatic carbocycles. The second kappa shape index (κ2) is 4.88. The monoisotopic (exact) mass is 238 g/mol. The van der Waals surface area contributed by atoms with Crippen LogP contribution in [0.5, 0.6) is 0 Å². The molecule has 16 heavy (non-hydrogen) atoms. The second-order valence-electron chi connectivity index (χ2n) is 6.28. The molecule has 0 amide bonds. The smallest absolute Gasteiger partial charge is 0.192 e. The summed E-state index contributed by atoms with van der Waals surface area (Å²) in [5.74, 6) is 0.617. The fraction of sp³-hybridized carbons (Fsp3) is 0.714. The lowest BCUT2D eigenvalue weighted by Crippen LogP contribution is -2.45. The van der Waals surface area contributed by atoms with Gasteiger partial charge in [0.2, 0.25) is 0 Å². The molecule has 2 heteroatoms. The van der Waals surface area contributed by atoms with Crippen LogP contribution in [-0.2, 0) is 4.43 Å². The van der Waals surface area contributed by atoms with Gasteiger partial charge in [0.25, 0.3) is 0 Å². The third-order valence-electron chi connectivity index (χ3n) is 3.98. The molecule has 0 fully saturated rings. The van der Waals surface area contributed by atoms with Crippen LogP contribution in [0.2, 0.25) is 18.1 Å². The van der Waals surface area contributed by atoms with Gasteiger partial charge in [-0.15, -0.1) is 6.58 Å². The van der Waals surface area contributed by atoms with Crippen LogP contribution in [0.1, 0.15) is 33.6 Å². The van der Waals surface area contributed by atoms with Gasteiger partial charge >= 0.3 is 0 Å². The molecule has 0 aliphatic heterocycles. The number of hydrogen-bond donors (Lipinski definition) is 0. The average Bonchev–Trinajstić information content (AvgIpc) is 2.65. The van der Waals surface area contributed by atoms with Gasteiger partial charge in [0.05, 0.1) is 6.10 Å². The maximum absolute atomic E-state index is 6.42. The lowest BCUT2D eigenvalue weighted by molar-refractivity contribution is 0.165. The zero-order valence-corrected chi connectivity index (χ0v) is 12.4. The van der Waals surface area contributed by atoms with E-state index in [0.29, 0.717) is 5.92 Å². The van der Waals surface area contributed by atoms with Crippen LogP contribution in [0.15, 0.2) is 24.8 Å². The summed E-state index contributed by atoms with van der Waals surface area (Å²) in [6.45, 7) is 15.4. The van der Waals surface area contributed by atoms with Crippen molar-refractivity contribution in [3.8, 4) is 0 Å². The Labute approximate surface area is 102 Å². The highest BCUT2D eigenvalue weighted by Crippen LogP contribution is 2.39. The van der Waals surface area contributed by atoms with E-state index < -0.39 is 8.32 Å². The maximum Gasteiger partial charge on any atom is 0.192 e. The molecule has 1 unspecified atom stereocenters. The molecule has 0 N–H and O–H groups in total. The summed E-state index contributed by atoms with van der Waals surface area (Å²) in [6, 6.07) is 0. The molecule has 1 nitrogen and oxygen atoms in total. The molecule has 1 aliphatic rings. The Morgan fingerprint density at radius 2 is 1.81 bits per heavy atom. The normalized spacial score (nSPS) is 20.1. The number of hydrogen-bond acceptors (Lipinski definition) is 1. The Bertz CT molecular complexity index is 265. The lowest BCUT2D eigenvalue weighted by atomic mass is 10.0. The molecule has 0 radical (unpaired) electrons. The molecule has 0 saturated heterocycles. The van der Waals surface area contributed by atoms with Crippen LogP contribution in [0.25, 0.3) is 0 Å². The van der Waals surface area contributed by atoms with Crippen molar-refractivity contribution >= 4 is 8.32 Å². The van der Waals surface area contributed by atoms with Crippen LogP contribution < -0.4 is 0 Å². The van der Waals surface area contributed by atoms with Crippen molar-refractivity contribution in [1.29, 1.82) is 0 Å². The van der Waals surface area contributed by atoms with Gasteiger partial charge in [0, 0.05) is 0 Å². The summed E-state index contributed by atoms with van der Waals surface area (Å²) in [5.41, 5.74) is 0. The van der Waals surface area contributed by atoms with E-state index in [-0.39, 0.29) is 11.1 Å². The minimum absolute atomic E-state index is 0.232. The second-order valence-corrected chi connectivity index (χ2v) is 11.0. The van der Waals surface area contributed by atoms with Crippen LogP contribution in [0, 0.1) is 5.92 Å². The Balaban J connectivity index is 2.66. The zero-order chi connectivity index (χ0) is 12.4. The first-order valence-corrected chi connectivity index (χ1v) is 9.14. The van der Waals surface area contributed by atoms with Crippen LogP contribution >= 0.6 is 0 Å². The van der Waals surface area contributed by atoms with Crippen LogP contribution in [-0.4, -0.2) is 14.4 Å². The highest BCUT2D eigenvalue weighted by atomic mass is 28.4. The van der Waals surface area contributed by atoms with E-state index in [1.807, 2.05) is 6.08 Å². The van der Waals surface area contributed by atoms with Gasteiger partial charge in [-0.2, -0.15) is 0 Å². The van der Waals surface area contributed by atoms with Gasteiger partial charge in [-0.1, -0.05) is 39.0 Å². The summed E-state index contributed by atoms with van der Waals surface area (Å²) >= 11 is 0. The quantitative estimate of drug-likeness (QED) is 0.516. The van der Waals surface area contributed by atoms with Crippen molar-refractivity contribution in [2.24, 2.45) is 5.92 Å². The molecule has 1 aliphatic carbocycles. The summed E-state index contributed by atoms with van der Waals surface area (Å²) in [5, 5.41) is 0.278. The highest BCUT2D eigenvalue weighted by molar-refractivity contribution is 6.74. The Kier molecular flexibility index (Phi) is 4.19. The first-order chi connectivity index (χ1) is 7.28. The predicted molar refractivity (Wildman–Crippen MR) is 74.1 cm³/mol. The van der Waals surface area contributed by atoms with Crippen molar-refractivity contribution in [2.75, 3.05) is 0 Å². The molecular formula is C14H26OSi. The molecule has 0 aromatic heterocycles. The molecule has 0 saturated carbocycles. The van der Waals surface area contributed by atoms with E-state index in [1.54, 1.807) is 0 Å². The average molecular weight is 238 g/mol. The zero-order valence-electron chi connectivity index (χ0n) is 11.4. The van der Waals surface area contributed by atoms with Crippen molar-refractivity contribution in [1.82, 2.24) is 0 Å². The van der Waals surface area contributed by atoms with Gasteiger partial charge in [0.1, 0.15) is 0 Å². The fourth-order valence-corrected chi connectivity index (χ4v) is 3.08. The third kappa shape index (κ3) is 3.08. The Morgan fingerprint density at radius 1 is 1.31 bits per heavy atom. The first-order valence-electron chi connectivity index (χ1n) is 6.23. The first kappa shape index (κ1) is 13.7. The van der Waals surface area contributed by atoms with E-state index in [1.165, 1.54) is 0 Å². The summed E-state index contributed by atoms with van der Waals surface area (Å²) in [4.78, 5) is 0. The van der Waals surface area contributed by atoms with Gasteiger partial charge in [0.15, 0.2) is 8.32 Å². The maximum atomic E-state index is 6.42. The molecule has 0 heterocycles. The largest absolute Gasteiger partial charge is 0.410 e. The van der Waals surface area contributed by atoms with E-state index in [9.17, 15) is 0 Å². The summed E-state index contributed by atoms with van der Waals surface area (Å²) in [7, 11) is -1.66. The highest BCUT2D eigenvalue weighted by Gasteiger charge is 2.40. The molecule has 0 bridgehead atoms. The minimum atomic E-state index is -1.66. The third-order valence-corrected chi connectivity index (χ3v) is 8.45. The van der Waals surface area contributed by atoms with Crippen LogP contribution in [0.3, 0.4) is 0 Å². The van der Waals surface area contributed by atoms with E-state index in [4.69, 9.17) is 4.43 Å². The molecule has 1 atom stereocenters. The van der Waals surface area contributed by atoms with Gasteiger partial charge < -0.3 is 4.43 Å². The number of rotatable bonds is 4. The molecule has 1 rings (SSSR count). The summed E-state index contributed by atoms with van der Waals surface area (Å²) < 4.78 is 6.42. The SMILES string of the molecule is C=CC(O[Si](C)(C)C(C)(C)C)C1CC=CC1. The van der Waals surface area contributed by atoms with Crippen molar-refractivity contribution in [3.63, 3.8) is 0 Å². The van der Waals surface area contributed by atoms with E-state index >= 15 is 0 Å². The van der Waals surface area contributed by atoms with Crippen molar-refractivity contribution < 1.29 is 4.43 Å². The van der Waals surface area contributed by atoms with Crippen LogP contribution in [0.4, 0.5) is 0 Å². The molecular weight excluding hydrogens is 212 g/mol. The minimum Gasteiger partial charge on any atom is -0.410 e. The fourth-order valence-electron chi connectivity index (χ4n) is 1.76. The van der Waals surface area contributed by atoms with Gasteiger partial charge in [-0.05, 0) is 36.9 Å². The van der Waals surface area contributed by atoms with E-state index in [2.05, 4.69) is 52.6 Å². The Morgan fingerprint density at radius 3 is 2.19 bits per heavy atom. The molecule has 92 valence electrons. The van der Waals surface area contributed by atoms with Gasteiger partial charge in [-0.3, -0.25) is 0 Å². The predicted octanol–water partition coefficient (Wildman–Crippen LogP) is 4.53. The molecule has 0 aromatic rings. The topological polar surface area (TPSA) is 9.23 Å². The van der Waals surface area contributed by atoms with Gasteiger partial charge in [-0.25, -0.2) is 0 Å². The number of allylic oxidation sites excluding steroid dienone is 2. The standard InChI is InChI=1S/C14H26OSi/c1-7-13(12-10-8-9-11-12)15-16(5,6)14(2,3)4/h7-9,12-13H,1,10-11H2,2-6H3. The Hall–Kier alpha value is -0.343. The van der Waals surface area contributed by atoms with Crippen molar-refractivity contribution in [3.05, 3.63) is 24.8 Å². The summed E-state index contributed by atoms with van der Waals surface area (Å²) in [6.07, 6.45) is 9.04. The van der Waals surface area contributed by atoms with Crippen molar-refractivity contribution in [2.45, 2.75) is 57.8 Å².